The van der Waals surface area contributed by atoms with Gasteiger partial charge in [-0.15, -0.1) is 0 Å². The number of hydrogen-bond acceptors (Lipinski definition) is 4. The van der Waals surface area contributed by atoms with Gasteiger partial charge in [0.2, 0.25) is 5.91 Å². The number of hydrogen-bond donors (Lipinski definition) is 1. The van der Waals surface area contributed by atoms with E-state index in [0.29, 0.717) is 18.0 Å². The van der Waals surface area contributed by atoms with Gasteiger partial charge < -0.3 is 19.7 Å². The zero-order valence-corrected chi connectivity index (χ0v) is 17.8. The van der Waals surface area contributed by atoms with Crippen molar-refractivity contribution in [3.63, 3.8) is 0 Å². The molecule has 0 aliphatic heterocycles. The van der Waals surface area contributed by atoms with E-state index in [-0.39, 0.29) is 24.5 Å². The Labute approximate surface area is 172 Å². The Morgan fingerprint density at radius 1 is 1.00 bits per heavy atom. The zero-order valence-electron chi connectivity index (χ0n) is 17.8. The summed E-state index contributed by atoms with van der Waals surface area (Å²) in [5.41, 5.74) is 2.05. The lowest BCUT2D eigenvalue weighted by Gasteiger charge is -2.30. The molecule has 0 aromatic heterocycles. The minimum atomic E-state index is -0.634. The van der Waals surface area contributed by atoms with Gasteiger partial charge in [-0.25, -0.2) is 0 Å². The van der Waals surface area contributed by atoms with Gasteiger partial charge in [-0.2, -0.15) is 0 Å². The monoisotopic (exact) mass is 398 g/mol. The number of ether oxygens (including phenoxy) is 2. The molecular formula is C23H30N2O4. The van der Waals surface area contributed by atoms with Crippen molar-refractivity contribution in [1.82, 2.24) is 10.2 Å². The van der Waals surface area contributed by atoms with Crippen LogP contribution in [-0.4, -0.2) is 42.5 Å². The second-order valence-corrected chi connectivity index (χ2v) is 7.23. The first kappa shape index (κ1) is 22.3. The number of amides is 2. The molecule has 29 heavy (non-hydrogen) atoms. The summed E-state index contributed by atoms with van der Waals surface area (Å²) >= 11 is 0. The number of nitrogens with one attached hydrogen (secondary N) is 1. The van der Waals surface area contributed by atoms with E-state index < -0.39 is 6.04 Å². The number of aryl methyl sites for hydroxylation is 1. The van der Waals surface area contributed by atoms with Gasteiger partial charge in [-0.05, 0) is 51.0 Å². The summed E-state index contributed by atoms with van der Waals surface area (Å²) < 4.78 is 11.0. The van der Waals surface area contributed by atoms with Crippen molar-refractivity contribution in [3.8, 4) is 11.5 Å². The van der Waals surface area contributed by atoms with Crippen LogP contribution < -0.4 is 14.8 Å². The van der Waals surface area contributed by atoms with Crippen molar-refractivity contribution in [1.29, 1.82) is 0 Å². The molecule has 1 atom stereocenters. The molecule has 2 amide bonds. The first-order valence-electron chi connectivity index (χ1n) is 9.73. The number of nitrogens with zero attached hydrogens (tertiary/aromatic N) is 1. The Kier molecular flexibility index (Phi) is 8.07. The summed E-state index contributed by atoms with van der Waals surface area (Å²) in [7, 11) is 1.55. The average molecular weight is 399 g/mol. The highest BCUT2D eigenvalue weighted by molar-refractivity contribution is 5.88. The molecule has 0 saturated carbocycles. The van der Waals surface area contributed by atoms with Crippen LogP contribution in [0.1, 0.15) is 31.9 Å². The summed E-state index contributed by atoms with van der Waals surface area (Å²) in [4.78, 5) is 27.2. The summed E-state index contributed by atoms with van der Waals surface area (Å²) in [6.07, 6.45) is 0. The Morgan fingerprint density at radius 2 is 1.62 bits per heavy atom. The van der Waals surface area contributed by atoms with Crippen LogP contribution in [0.3, 0.4) is 0 Å². The Hall–Kier alpha value is -3.02. The van der Waals surface area contributed by atoms with Crippen LogP contribution in [0.25, 0.3) is 0 Å². The average Bonchev–Trinajstić information content (AvgIpc) is 2.70. The topological polar surface area (TPSA) is 67.9 Å². The minimum Gasteiger partial charge on any atom is -0.493 e. The lowest BCUT2D eigenvalue weighted by atomic mass is 10.1. The van der Waals surface area contributed by atoms with Crippen LogP contribution in [0.2, 0.25) is 0 Å². The fourth-order valence-electron chi connectivity index (χ4n) is 2.92. The SMILES string of the molecule is COc1ccccc1OCC(=O)N(Cc1ccccc1C)C(C)C(=O)NC(C)C. The van der Waals surface area contributed by atoms with Gasteiger partial charge in [0.25, 0.3) is 5.91 Å². The van der Waals surface area contributed by atoms with E-state index in [1.54, 1.807) is 31.1 Å². The fourth-order valence-corrected chi connectivity index (χ4v) is 2.92. The molecule has 0 radical (unpaired) electrons. The van der Waals surface area contributed by atoms with Gasteiger partial charge in [0, 0.05) is 12.6 Å². The lowest BCUT2D eigenvalue weighted by molar-refractivity contribution is -0.142. The van der Waals surface area contributed by atoms with Crippen LogP contribution in [-0.2, 0) is 16.1 Å². The third-order valence-electron chi connectivity index (χ3n) is 4.62. The molecule has 2 aromatic rings. The number of carbonyl (C=O) groups excluding carboxylic acids is 2. The first-order valence-corrected chi connectivity index (χ1v) is 9.73. The second kappa shape index (κ2) is 10.5. The van der Waals surface area contributed by atoms with Crippen molar-refractivity contribution in [2.75, 3.05) is 13.7 Å². The van der Waals surface area contributed by atoms with Crippen LogP contribution in [0.4, 0.5) is 0 Å². The summed E-state index contributed by atoms with van der Waals surface area (Å²) in [5.74, 6) is 0.569. The molecule has 156 valence electrons. The maximum absolute atomic E-state index is 13.0. The van der Waals surface area contributed by atoms with Crippen molar-refractivity contribution in [2.24, 2.45) is 0 Å². The first-order chi connectivity index (χ1) is 13.8. The highest BCUT2D eigenvalue weighted by Gasteiger charge is 2.27. The van der Waals surface area contributed by atoms with E-state index in [1.165, 1.54) is 0 Å². The number of rotatable bonds is 9. The maximum Gasteiger partial charge on any atom is 0.261 e. The van der Waals surface area contributed by atoms with Gasteiger partial charge >= 0.3 is 0 Å². The standard InChI is InChI=1S/C23H30N2O4/c1-16(2)24-23(27)18(4)25(14-19-11-7-6-10-17(19)3)22(26)15-29-21-13-9-8-12-20(21)28-5/h6-13,16,18H,14-15H2,1-5H3,(H,24,27). The van der Waals surface area contributed by atoms with E-state index in [2.05, 4.69) is 5.32 Å². The van der Waals surface area contributed by atoms with Gasteiger partial charge in [0.05, 0.1) is 7.11 Å². The molecule has 0 fully saturated rings. The van der Waals surface area contributed by atoms with E-state index in [9.17, 15) is 9.59 Å². The number of carbonyl (C=O) groups is 2. The van der Waals surface area contributed by atoms with Crippen LogP contribution in [0.5, 0.6) is 11.5 Å². The van der Waals surface area contributed by atoms with Crippen molar-refractivity contribution in [3.05, 3.63) is 59.7 Å². The van der Waals surface area contributed by atoms with E-state index in [1.807, 2.05) is 57.2 Å². The molecular weight excluding hydrogens is 368 g/mol. The van der Waals surface area contributed by atoms with E-state index in [0.717, 1.165) is 11.1 Å². The Morgan fingerprint density at radius 3 is 2.24 bits per heavy atom. The van der Waals surface area contributed by atoms with Crippen molar-refractivity contribution < 1.29 is 19.1 Å². The molecule has 0 heterocycles. The van der Waals surface area contributed by atoms with Crippen LogP contribution in [0.15, 0.2) is 48.5 Å². The maximum atomic E-state index is 13.0. The van der Waals surface area contributed by atoms with E-state index in [4.69, 9.17) is 9.47 Å². The molecule has 1 N–H and O–H groups in total. The molecule has 1 unspecified atom stereocenters. The molecule has 2 rings (SSSR count). The third-order valence-corrected chi connectivity index (χ3v) is 4.62. The van der Waals surface area contributed by atoms with Crippen LogP contribution >= 0.6 is 0 Å². The van der Waals surface area contributed by atoms with Gasteiger partial charge in [-0.3, -0.25) is 9.59 Å². The van der Waals surface area contributed by atoms with Crippen molar-refractivity contribution in [2.45, 2.75) is 46.3 Å². The number of methoxy groups -OCH3 is 1. The Bertz CT molecular complexity index is 835. The summed E-state index contributed by atoms with van der Waals surface area (Å²) in [6.45, 7) is 7.64. The molecule has 2 aromatic carbocycles. The lowest BCUT2D eigenvalue weighted by Crippen LogP contribution is -2.50. The molecule has 6 heteroatoms. The zero-order chi connectivity index (χ0) is 21.4. The van der Waals surface area contributed by atoms with E-state index >= 15 is 0 Å². The Balaban J connectivity index is 2.19. The second-order valence-electron chi connectivity index (χ2n) is 7.23. The number of benzene rings is 2. The molecule has 0 bridgehead atoms. The summed E-state index contributed by atoms with van der Waals surface area (Å²) in [5, 5.41) is 2.88. The minimum absolute atomic E-state index is 0.00908. The highest BCUT2D eigenvalue weighted by atomic mass is 16.5. The third kappa shape index (κ3) is 6.24. The predicted molar refractivity (Wildman–Crippen MR) is 113 cm³/mol. The van der Waals surface area contributed by atoms with Gasteiger partial charge in [0.1, 0.15) is 6.04 Å². The van der Waals surface area contributed by atoms with Gasteiger partial charge in [-0.1, -0.05) is 36.4 Å². The molecule has 0 spiro atoms. The van der Waals surface area contributed by atoms with Crippen LogP contribution in [0, 0.1) is 6.92 Å². The molecule has 0 aliphatic rings. The normalized spacial score (nSPS) is 11.7. The molecule has 6 nitrogen and oxygen atoms in total. The molecule has 0 saturated heterocycles. The van der Waals surface area contributed by atoms with Crippen molar-refractivity contribution >= 4 is 11.8 Å². The quantitative estimate of drug-likeness (QED) is 0.704. The number of para-hydroxylation sites is 2. The summed E-state index contributed by atoms with van der Waals surface area (Å²) in [6, 6.07) is 14.3. The predicted octanol–water partition coefficient (Wildman–Crippen LogP) is 3.32. The van der Waals surface area contributed by atoms with Gasteiger partial charge in [0.15, 0.2) is 18.1 Å². The largest absolute Gasteiger partial charge is 0.493 e. The smallest absolute Gasteiger partial charge is 0.261 e. The molecule has 0 aliphatic carbocycles. The fraction of sp³-hybridized carbons (Fsp3) is 0.391. The highest BCUT2D eigenvalue weighted by Crippen LogP contribution is 2.26.